The number of piperazine rings is 1. The second-order valence-corrected chi connectivity index (χ2v) is 10.5. The van der Waals surface area contributed by atoms with Crippen LogP contribution in [0.4, 0.5) is 0 Å². The van der Waals surface area contributed by atoms with Crippen molar-refractivity contribution >= 4 is 15.7 Å². The summed E-state index contributed by atoms with van der Waals surface area (Å²) in [7, 11) is -3.48. The van der Waals surface area contributed by atoms with Crippen LogP contribution in [-0.4, -0.2) is 66.7 Å². The molecule has 0 unspecified atom stereocenters. The normalized spacial score (nSPS) is 16.5. The Labute approximate surface area is 203 Å². The summed E-state index contributed by atoms with van der Waals surface area (Å²) in [4.78, 5) is 5.00. The standard InChI is InChI=1S/C25H25N5O4S/c31-35(32,29-12-10-26-11-13-29)20-7-4-18(5-8-20)16-24-27-25-3-1-2-21(30(25)28-24)19-6-9-22-23(17-19)34-15-14-33-22/h1-9,17,26H,10-16H2. The van der Waals surface area contributed by atoms with E-state index in [0.717, 1.165) is 34.0 Å². The van der Waals surface area contributed by atoms with Crippen LogP contribution in [0.15, 0.2) is 65.6 Å². The van der Waals surface area contributed by atoms with Gasteiger partial charge in [0.1, 0.15) is 13.2 Å². The van der Waals surface area contributed by atoms with Crippen molar-refractivity contribution in [3.63, 3.8) is 0 Å². The average molecular weight is 492 g/mol. The molecule has 1 saturated heterocycles. The number of fused-ring (bicyclic) bond motifs is 2. The highest BCUT2D eigenvalue weighted by Crippen LogP contribution is 2.34. The second-order valence-electron chi connectivity index (χ2n) is 8.54. The van der Waals surface area contributed by atoms with E-state index in [-0.39, 0.29) is 0 Å². The van der Waals surface area contributed by atoms with Gasteiger partial charge >= 0.3 is 0 Å². The Balaban J connectivity index is 1.25. The first-order chi connectivity index (χ1) is 17.1. The van der Waals surface area contributed by atoms with Gasteiger partial charge in [-0.3, -0.25) is 0 Å². The number of hydrogen-bond acceptors (Lipinski definition) is 7. The topological polar surface area (TPSA) is 98.1 Å². The quantitative estimate of drug-likeness (QED) is 0.458. The van der Waals surface area contributed by atoms with Crippen LogP contribution in [-0.2, 0) is 16.4 Å². The van der Waals surface area contributed by atoms with Gasteiger partial charge in [0, 0.05) is 38.2 Å². The third-order valence-electron chi connectivity index (χ3n) is 6.24. The van der Waals surface area contributed by atoms with E-state index >= 15 is 0 Å². The number of hydrogen-bond donors (Lipinski definition) is 1. The molecule has 6 rings (SSSR count). The Morgan fingerprint density at radius 2 is 1.69 bits per heavy atom. The van der Waals surface area contributed by atoms with Gasteiger partial charge in [-0.15, -0.1) is 0 Å². The van der Waals surface area contributed by atoms with E-state index in [0.29, 0.717) is 56.5 Å². The van der Waals surface area contributed by atoms with Gasteiger partial charge in [-0.1, -0.05) is 18.2 Å². The largest absolute Gasteiger partial charge is 0.486 e. The first-order valence-electron chi connectivity index (χ1n) is 11.6. The lowest BCUT2D eigenvalue weighted by Crippen LogP contribution is -2.46. The van der Waals surface area contributed by atoms with Crippen molar-refractivity contribution in [1.82, 2.24) is 24.2 Å². The summed E-state index contributed by atoms with van der Waals surface area (Å²) in [6, 6.07) is 18.7. The molecule has 2 aliphatic heterocycles. The maximum atomic E-state index is 12.9. The molecule has 0 spiro atoms. The fourth-order valence-electron chi connectivity index (χ4n) is 4.44. The molecular weight excluding hydrogens is 466 g/mol. The minimum atomic E-state index is -3.48. The highest BCUT2D eigenvalue weighted by molar-refractivity contribution is 7.89. The SMILES string of the molecule is O=S(=O)(c1ccc(Cc2nc3cccc(-c4ccc5c(c4)OCCO5)n3n2)cc1)N1CCNCC1. The molecule has 9 nitrogen and oxygen atoms in total. The van der Waals surface area contributed by atoms with E-state index in [9.17, 15) is 8.42 Å². The van der Waals surface area contributed by atoms with Gasteiger partial charge in [-0.05, 0) is 48.0 Å². The molecule has 180 valence electrons. The van der Waals surface area contributed by atoms with Crippen LogP contribution in [0.25, 0.3) is 16.9 Å². The summed E-state index contributed by atoms with van der Waals surface area (Å²) in [6.07, 6.45) is 0.496. The summed E-state index contributed by atoms with van der Waals surface area (Å²) in [5, 5.41) is 7.92. The third kappa shape index (κ3) is 4.24. The third-order valence-corrected chi connectivity index (χ3v) is 8.15. The first kappa shape index (κ1) is 22.0. The number of rotatable bonds is 5. The van der Waals surface area contributed by atoms with Crippen LogP contribution >= 0.6 is 0 Å². The molecule has 0 atom stereocenters. The Bertz CT molecular complexity index is 1480. The van der Waals surface area contributed by atoms with Gasteiger partial charge < -0.3 is 14.8 Å². The molecule has 0 bridgehead atoms. The van der Waals surface area contributed by atoms with E-state index in [1.54, 1.807) is 12.1 Å². The Kier molecular flexibility index (Phi) is 5.63. The fraction of sp³-hybridized carbons (Fsp3) is 0.280. The Morgan fingerprint density at radius 3 is 2.49 bits per heavy atom. The molecular formula is C25H25N5O4S. The zero-order chi connectivity index (χ0) is 23.8. The van der Waals surface area contributed by atoms with Crippen LogP contribution in [0.2, 0.25) is 0 Å². The molecule has 10 heteroatoms. The molecule has 4 aromatic rings. The highest BCUT2D eigenvalue weighted by atomic mass is 32.2. The molecule has 1 N–H and O–H groups in total. The Hall–Kier alpha value is -3.47. The molecule has 35 heavy (non-hydrogen) atoms. The van der Waals surface area contributed by atoms with Gasteiger partial charge in [0.2, 0.25) is 10.0 Å². The lowest BCUT2D eigenvalue weighted by molar-refractivity contribution is 0.171. The minimum absolute atomic E-state index is 0.312. The molecule has 0 saturated carbocycles. The summed E-state index contributed by atoms with van der Waals surface area (Å²) >= 11 is 0. The minimum Gasteiger partial charge on any atom is -0.486 e. The maximum absolute atomic E-state index is 12.9. The molecule has 2 aliphatic rings. The lowest BCUT2D eigenvalue weighted by Gasteiger charge is -2.26. The summed E-state index contributed by atoms with van der Waals surface area (Å²) < 4.78 is 40.5. The van der Waals surface area contributed by atoms with Crippen LogP contribution in [0.1, 0.15) is 11.4 Å². The van der Waals surface area contributed by atoms with Crippen LogP contribution in [0.5, 0.6) is 11.5 Å². The molecule has 1 fully saturated rings. The summed E-state index contributed by atoms with van der Waals surface area (Å²) in [5.41, 5.74) is 3.54. The van der Waals surface area contributed by atoms with Crippen molar-refractivity contribution in [3.8, 4) is 22.8 Å². The van der Waals surface area contributed by atoms with Gasteiger partial charge in [-0.2, -0.15) is 9.40 Å². The van der Waals surface area contributed by atoms with E-state index in [4.69, 9.17) is 14.6 Å². The summed E-state index contributed by atoms with van der Waals surface area (Å²) in [5.74, 6) is 2.13. The van der Waals surface area contributed by atoms with Gasteiger partial charge in [-0.25, -0.2) is 17.9 Å². The number of pyridine rings is 1. The molecule has 4 heterocycles. The second kappa shape index (κ2) is 8.95. The van der Waals surface area contributed by atoms with Gasteiger partial charge in [0.25, 0.3) is 0 Å². The van der Waals surface area contributed by atoms with Crippen molar-refractivity contribution < 1.29 is 17.9 Å². The number of benzene rings is 2. The smallest absolute Gasteiger partial charge is 0.243 e. The zero-order valence-electron chi connectivity index (χ0n) is 19.1. The zero-order valence-corrected chi connectivity index (χ0v) is 19.9. The molecule has 0 amide bonds. The maximum Gasteiger partial charge on any atom is 0.243 e. The highest BCUT2D eigenvalue weighted by Gasteiger charge is 2.25. The first-order valence-corrected chi connectivity index (χ1v) is 13.1. The number of nitrogens with one attached hydrogen (secondary N) is 1. The lowest BCUT2D eigenvalue weighted by atomic mass is 10.1. The predicted molar refractivity (Wildman–Crippen MR) is 130 cm³/mol. The molecule has 0 radical (unpaired) electrons. The number of aromatic nitrogens is 3. The number of nitrogens with zero attached hydrogens (tertiary/aromatic N) is 4. The van der Waals surface area contributed by atoms with Gasteiger partial charge in [0.15, 0.2) is 23.0 Å². The fourth-order valence-corrected chi connectivity index (χ4v) is 5.88. The van der Waals surface area contributed by atoms with E-state index in [2.05, 4.69) is 10.3 Å². The molecule has 0 aliphatic carbocycles. The van der Waals surface area contributed by atoms with Crippen molar-refractivity contribution in [3.05, 3.63) is 72.1 Å². The van der Waals surface area contributed by atoms with Crippen molar-refractivity contribution in [2.24, 2.45) is 0 Å². The van der Waals surface area contributed by atoms with Crippen LogP contribution in [0.3, 0.4) is 0 Å². The van der Waals surface area contributed by atoms with Crippen LogP contribution < -0.4 is 14.8 Å². The number of sulfonamides is 1. The Morgan fingerprint density at radius 1 is 0.914 bits per heavy atom. The number of ether oxygens (including phenoxy) is 2. The molecule has 2 aromatic carbocycles. The van der Waals surface area contributed by atoms with E-state index < -0.39 is 10.0 Å². The van der Waals surface area contributed by atoms with E-state index in [1.165, 1.54) is 4.31 Å². The van der Waals surface area contributed by atoms with Crippen LogP contribution in [0, 0.1) is 0 Å². The van der Waals surface area contributed by atoms with Crippen molar-refractivity contribution in [1.29, 1.82) is 0 Å². The molecule has 2 aromatic heterocycles. The average Bonchev–Trinajstić information content (AvgIpc) is 3.32. The monoisotopic (exact) mass is 491 g/mol. The summed E-state index contributed by atoms with van der Waals surface area (Å²) in [6.45, 7) is 3.40. The predicted octanol–water partition coefficient (Wildman–Crippen LogP) is 2.35. The van der Waals surface area contributed by atoms with Gasteiger partial charge in [0.05, 0.1) is 10.6 Å². The van der Waals surface area contributed by atoms with Crippen molar-refractivity contribution in [2.75, 3.05) is 39.4 Å². The van der Waals surface area contributed by atoms with Crippen molar-refractivity contribution in [2.45, 2.75) is 11.3 Å². The van der Waals surface area contributed by atoms with E-state index in [1.807, 2.05) is 53.0 Å².